The molecule has 0 spiro atoms. The summed E-state index contributed by atoms with van der Waals surface area (Å²) in [6.45, 7) is 13.4. The van der Waals surface area contributed by atoms with Crippen LogP contribution >= 0.6 is 0 Å². The van der Waals surface area contributed by atoms with Crippen molar-refractivity contribution in [1.82, 2.24) is 78.5 Å². The van der Waals surface area contributed by atoms with Crippen molar-refractivity contribution in [2.24, 2.45) is 0 Å². The molecule has 0 radical (unpaired) electrons. The van der Waals surface area contributed by atoms with Crippen molar-refractivity contribution in [2.75, 3.05) is 131 Å². The third-order valence-electron chi connectivity index (χ3n) is 19.8. The molecule has 0 aromatic heterocycles. The van der Waals surface area contributed by atoms with Gasteiger partial charge in [-0.25, -0.2) is 0 Å². The lowest BCUT2D eigenvalue weighted by Crippen LogP contribution is -2.44. The number of benzene rings is 3. The zero-order valence-corrected chi connectivity index (χ0v) is 68.8. The summed E-state index contributed by atoms with van der Waals surface area (Å²) in [6.07, 6.45) is 27.9. The largest absolute Gasteiger partial charge is 0.355 e. The number of amides is 12. The lowest BCUT2D eigenvalue weighted by atomic mass is 9.97. The van der Waals surface area contributed by atoms with E-state index in [2.05, 4.69) is 97.6 Å². The minimum Gasteiger partial charge on any atom is -0.355 e. The molecule has 27 nitrogen and oxygen atoms in total. The van der Waals surface area contributed by atoms with Crippen LogP contribution in [-0.2, 0) is 64.1 Å². The number of carbonyl (C=O) groups is 12. The van der Waals surface area contributed by atoms with Gasteiger partial charge in [0.15, 0.2) is 0 Å². The molecule has 0 atom stereocenters. The van der Waals surface area contributed by atoms with E-state index in [4.69, 9.17) is 0 Å². The average Bonchev–Trinajstić information content (AvgIpc) is 0.778. The maximum atomic E-state index is 13.7. The topological polar surface area (TPSA) is 359 Å². The fourth-order valence-corrected chi connectivity index (χ4v) is 13.0. The van der Waals surface area contributed by atoms with Crippen molar-refractivity contribution in [3.8, 4) is 0 Å². The molecule has 3 aromatic rings. The lowest BCUT2D eigenvalue weighted by molar-refractivity contribution is -0.139. The maximum Gasteiger partial charge on any atom is 0.309 e. The molecular formula is C85H143N15O12. The van der Waals surface area contributed by atoms with Crippen molar-refractivity contribution >= 4 is 92.4 Å². The van der Waals surface area contributed by atoms with E-state index in [1.165, 1.54) is 51.4 Å². The zero-order chi connectivity index (χ0) is 81.3. The second-order valence-corrected chi connectivity index (χ2v) is 29.3. The van der Waals surface area contributed by atoms with E-state index in [-0.39, 0.29) is 196 Å². The van der Waals surface area contributed by atoms with E-state index >= 15 is 0 Å². The number of hydrogen-bond acceptors (Lipinski definition) is 15. The highest BCUT2D eigenvalue weighted by atomic mass is 16.2. The fraction of sp³-hybridized carbons (Fsp3) is 0.694. The van der Waals surface area contributed by atoms with Crippen LogP contribution < -0.4 is 63.8 Å². The molecule has 12 N–H and O–H groups in total. The van der Waals surface area contributed by atoms with Gasteiger partial charge < -0.3 is 78.5 Å². The Labute approximate surface area is 669 Å². The van der Waals surface area contributed by atoms with Gasteiger partial charge in [-0.2, -0.15) is 0 Å². The second kappa shape index (κ2) is 65.1. The smallest absolute Gasteiger partial charge is 0.309 e. The molecule has 0 fully saturated rings. The highest BCUT2D eigenvalue weighted by Crippen LogP contribution is 2.28. The third kappa shape index (κ3) is 50.6. The fourth-order valence-electron chi connectivity index (χ4n) is 13.0. The summed E-state index contributed by atoms with van der Waals surface area (Å²) in [6, 6.07) is 17.8. The Morgan fingerprint density at radius 2 is 0.446 bits per heavy atom. The Bertz CT molecular complexity index is 2900. The Kier molecular flexibility index (Phi) is 56.9. The summed E-state index contributed by atoms with van der Waals surface area (Å²) in [5.41, 5.74) is 0.872. The molecule has 3 rings (SSSR count). The van der Waals surface area contributed by atoms with Gasteiger partial charge in [-0.3, -0.25) is 57.5 Å². The minimum atomic E-state index is -0.852. The number of carbonyl (C=O) groups excluding carboxylic acids is 12. The van der Waals surface area contributed by atoms with Gasteiger partial charge in [-0.15, -0.1) is 0 Å². The average molecular weight is 1570 g/mol. The monoisotopic (exact) mass is 1570 g/mol. The standard InChI is InChI=1S/C85H143N15O12/c1-5-9-13-17-21-25-37-74(101)86-47-51-90-78(105)41-58-98(59-42-79(106)91-52-48-87-75(102)38-26-22-18-14-10-6-2)64-55-94-82(109)45-62-100(66-57-96-84(111)85(112)97-68-73-71-35-31-29-33-69(71)67-70-34-30-32-36-72(70)73)63-46-83(110)95-56-65-99(60-43-80(107)92-53-49-88-76(103)39-27-23-19-15-11-7-3)61-44-81(108)93-54-50-89-77(104)40-28-24-20-16-12-8-4/h29-36,67H,5-28,37-66,68H2,1-4H3,(H,86,101)(H,87,102)(H,88,103)(H,89,104)(H,90,105)(H,91,106)(H,92,107)(H,93,108)(H,94,109)(H,95,110)(H,96,111)(H,97,112). The van der Waals surface area contributed by atoms with E-state index in [0.717, 1.165) is 130 Å². The number of rotatable bonds is 69. The van der Waals surface area contributed by atoms with Gasteiger partial charge in [0.05, 0.1) is 0 Å². The zero-order valence-electron chi connectivity index (χ0n) is 68.8. The summed E-state index contributed by atoms with van der Waals surface area (Å²) < 4.78 is 0. The predicted molar refractivity (Wildman–Crippen MR) is 445 cm³/mol. The molecule has 3 aromatic carbocycles. The van der Waals surface area contributed by atoms with Gasteiger partial charge in [0.1, 0.15) is 0 Å². The van der Waals surface area contributed by atoms with E-state index in [1.807, 2.05) is 63.2 Å². The van der Waals surface area contributed by atoms with Gasteiger partial charge >= 0.3 is 11.8 Å². The first-order valence-corrected chi connectivity index (χ1v) is 42.7. The highest BCUT2D eigenvalue weighted by molar-refractivity contribution is 6.35. The molecular weight excluding hydrogens is 1420 g/mol. The van der Waals surface area contributed by atoms with Crippen molar-refractivity contribution in [1.29, 1.82) is 0 Å². The number of nitrogens with zero attached hydrogens (tertiary/aromatic N) is 3. The Morgan fingerprint density at radius 1 is 0.232 bits per heavy atom. The van der Waals surface area contributed by atoms with E-state index in [0.29, 0.717) is 65.0 Å². The molecule has 0 aliphatic heterocycles. The Hall–Kier alpha value is -8.30. The SMILES string of the molecule is CCCCCCCCC(=O)NCCNC(=O)CCN(CCNC(=O)CCN(CCNC(=O)C(=O)NCc1c2ccccc2cc2ccccc12)CCC(=O)NCCN(CCC(=O)NCCNC(=O)CCCCCCCC)CCC(=O)NCCNC(=O)CCCCCCCC)CCC(=O)NCCNC(=O)CCCCCCCC. The Balaban J connectivity index is 1.67. The van der Waals surface area contributed by atoms with Crippen LogP contribution in [-0.4, -0.2) is 216 Å². The normalized spacial score (nSPS) is 11.2. The number of hydrogen-bond donors (Lipinski definition) is 12. The van der Waals surface area contributed by atoms with Crippen LogP contribution in [0.3, 0.4) is 0 Å². The maximum absolute atomic E-state index is 13.7. The lowest BCUT2D eigenvalue weighted by Gasteiger charge is -2.24. The van der Waals surface area contributed by atoms with E-state index in [9.17, 15) is 57.5 Å². The van der Waals surface area contributed by atoms with Crippen molar-refractivity contribution in [3.63, 3.8) is 0 Å². The van der Waals surface area contributed by atoms with E-state index < -0.39 is 11.8 Å². The summed E-state index contributed by atoms with van der Waals surface area (Å²) in [4.78, 5) is 162. The quantitative estimate of drug-likeness (QED) is 0.0144. The van der Waals surface area contributed by atoms with Crippen molar-refractivity contribution in [2.45, 2.75) is 253 Å². The predicted octanol–water partition coefficient (Wildman–Crippen LogP) is 8.14. The van der Waals surface area contributed by atoms with Gasteiger partial charge in [-0.05, 0) is 58.9 Å². The van der Waals surface area contributed by atoms with Crippen LogP contribution in [0.15, 0.2) is 54.6 Å². The highest BCUT2D eigenvalue weighted by Gasteiger charge is 2.20. The van der Waals surface area contributed by atoms with Crippen LogP contribution in [0.5, 0.6) is 0 Å². The molecule has 0 aliphatic carbocycles. The van der Waals surface area contributed by atoms with Crippen LogP contribution in [0.25, 0.3) is 21.5 Å². The van der Waals surface area contributed by atoms with Gasteiger partial charge in [0, 0.05) is 202 Å². The first kappa shape index (κ1) is 97.9. The Morgan fingerprint density at radius 3 is 0.714 bits per heavy atom. The molecule has 0 saturated heterocycles. The first-order chi connectivity index (χ1) is 54.4. The van der Waals surface area contributed by atoms with Crippen LogP contribution in [0.2, 0.25) is 0 Å². The molecule has 12 amide bonds. The summed E-state index contributed by atoms with van der Waals surface area (Å²) in [7, 11) is 0. The molecule has 0 aliphatic rings. The summed E-state index contributed by atoms with van der Waals surface area (Å²) in [5.74, 6) is -3.46. The van der Waals surface area contributed by atoms with Gasteiger partial charge in [0.2, 0.25) is 59.1 Å². The molecule has 27 heteroatoms. The van der Waals surface area contributed by atoms with Crippen molar-refractivity contribution in [3.05, 3.63) is 60.2 Å². The first-order valence-electron chi connectivity index (χ1n) is 42.7. The van der Waals surface area contributed by atoms with E-state index in [1.54, 1.807) is 0 Å². The van der Waals surface area contributed by atoms with Gasteiger partial charge in [0.25, 0.3) is 0 Å². The van der Waals surface area contributed by atoms with Gasteiger partial charge in [-0.1, -0.05) is 205 Å². The molecule has 0 saturated carbocycles. The summed E-state index contributed by atoms with van der Waals surface area (Å²) >= 11 is 0. The number of unbranched alkanes of at least 4 members (excludes halogenated alkanes) is 20. The number of nitrogens with one attached hydrogen (secondary N) is 12. The second-order valence-electron chi connectivity index (χ2n) is 29.3. The third-order valence-corrected chi connectivity index (χ3v) is 19.8. The summed E-state index contributed by atoms with van der Waals surface area (Å²) in [5, 5.41) is 38.3. The minimum absolute atomic E-state index is 0.00246. The molecule has 112 heavy (non-hydrogen) atoms. The number of fused-ring (bicyclic) bond motifs is 2. The molecule has 630 valence electrons. The molecule has 0 bridgehead atoms. The van der Waals surface area contributed by atoms with Crippen LogP contribution in [0, 0.1) is 0 Å². The van der Waals surface area contributed by atoms with Crippen LogP contribution in [0.1, 0.15) is 252 Å². The molecule has 0 heterocycles. The van der Waals surface area contributed by atoms with Crippen molar-refractivity contribution < 1.29 is 57.5 Å². The molecule has 0 unspecified atom stereocenters. The van der Waals surface area contributed by atoms with Crippen LogP contribution in [0.4, 0.5) is 0 Å².